The van der Waals surface area contributed by atoms with Crippen LogP contribution < -0.4 is 16.6 Å². The summed E-state index contributed by atoms with van der Waals surface area (Å²) < 4.78 is 14.0. The van der Waals surface area contributed by atoms with E-state index in [0.29, 0.717) is 23.2 Å². The highest BCUT2D eigenvalue weighted by Crippen LogP contribution is 2.39. The summed E-state index contributed by atoms with van der Waals surface area (Å²) in [5.41, 5.74) is 3.13. The molecule has 7 heteroatoms. The maximum Gasteiger partial charge on any atom is 0.145 e. The third-order valence-corrected chi connectivity index (χ3v) is 3.72. The second-order valence-corrected chi connectivity index (χ2v) is 5.52. The van der Waals surface area contributed by atoms with Crippen molar-refractivity contribution in [2.75, 3.05) is 10.7 Å². The quantitative estimate of drug-likeness (QED) is 0.589. The van der Waals surface area contributed by atoms with Gasteiger partial charge in [0.2, 0.25) is 0 Å². The van der Waals surface area contributed by atoms with Crippen LogP contribution in [0.15, 0.2) is 28.7 Å². The number of halogens is 2. The highest BCUT2D eigenvalue weighted by Gasteiger charge is 2.27. The first-order valence-corrected chi connectivity index (χ1v) is 7.02. The lowest BCUT2D eigenvalue weighted by atomic mass is 10.3. The number of rotatable bonds is 4. The van der Waals surface area contributed by atoms with Crippen LogP contribution in [0.25, 0.3) is 0 Å². The second-order valence-electron chi connectivity index (χ2n) is 4.66. The number of aromatic nitrogens is 2. The van der Waals surface area contributed by atoms with E-state index in [9.17, 15) is 4.39 Å². The Bertz CT molecular complexity index is 645. The number of anilines is 3. The second kappa shape index (κ2) is 5.34. The maximum absolute atomic E-state index is 13.3. The fourth-order valence-corrected chi connectivity index (χ4v) is 2.20. The van der Waals surface area contributed by atoms with Gasteiger partial charge in [0.25, 0.3) is 0 Å². The van der Waals surface area contributed by atoms with Gasteiger partial charge in [-0.05, 0) is 47.0 Å². The van der Waals surface area contributed by atoms with Gasteiger partial charge in [0, 0.05) is 16.5 Å². The Morgan fingerprint density at radius 2 is 1.95 bits per heavy atom. The standard InChI is InChI=1S/C13H13BrFN5/c14-9-4-3-8(15)5-10(9)17-11-6-12(20-16)19-13(18-11)7-1-2-7/h3-7H,1-2,16H2,(H2,17,18,19,20). The smallest absolute Gasteiger partial charge is 0.145 e. The van der Waals surface area contributed by atoms with E-state index in [1.807, 2.05) is 0 Å². The van der Waals surface area contributed by atoms with E-state index in [1.165, 1.54) is 12.1 Å². The van der Waals surface area contributed by atoms with Gasteiger partial charge in [-0.3, -0.25) is 0 Å². The van der Waals surface area contributed by atoms with Crippen LogP contribution in [0.4, 0.5) is 21.7 Å². The van der Waals surface area contributed by atoms with E-state index in [0.717, 1.165) is 23.1 Å². The van der Waals surface area contributed by atoms with Crippen molar-refractivity contribution in [1.29, 1.82) is 0 Å². The fourth-order valence-electron chi connectivity index (χ4n) is 1.86. The Labute approximate surface area is 123 Å². The summed E-state index contributed by atoms with van der Waals surface area (Å²) in [5.74, 6) is 7.39. The van der Waals surface area contributed by atoms with Crippen LogP contribution in [0, 0.1) is 5.82 Å². The molecule has 20 heavy (non-hydrogen) atoms. The SMILES string of the molecule is NNc1cc(Nc2cc(F)ccc2Br)nc(C2CC2)n1. The number of nitrogen functional groups attached to an aromatic ring is 1. The van der Waals surface area contributed by atoms with Gasteiger partial charge in [-0.2, -0.15) is 0 Å². The Morgan fingerprint density at radius 1 is 1.20 bits per heavy atom. The van der Waals surface area contributed by atoms with E-state index in [4.69, 9.17) is 5.84 Å². The molecule has 0 aliphatic heterocycles. The van der Waals surface area contributed by atoms with Crippen LogP contribution in [-0.2, 0) is 0 Å². The molecule has 0 spiro atoms. The lowest BCUT2D eigenvalue weighted by Gasteiger charge is -2.11. The molecule has 5 nitrogen and oxygen atoms in total. The summed E-state index contributed by atoms with van der Waals surface area (Å²) in [7, 11) is 0. The first-order chi connectivity index (χ1) is 9.65. The monoisotopic (exact) mass is 337 g/mol. The van der Waals surface area contributed by atoms with Gasteiger partial charge < -0.3 is 10.7 Å². The molecule has 3 rings (SSSR count). The van der Waals surface area contributed by atoms with Gasteiger partial charge in [0.05, 0.1) is 5.69 Å². The molecule has 4 N–H and O–H groups in total. The topological polar surface area (TPSA) is 75.9 Å². The molecule has 1 aliphatic carbocycles. The van der Waals surface area contributed by atoms with Crippen LogP contribution in [-0.4, -0.2) is 9.97 Å². The zero-order valence-electron chi connectivity index (χ0n) is 10.5. The summed E-state index contributed by atoms with van der Waals surface area (Å²) in [6.45, 7) is 0. The van der Waals surface area contributed by atoms with Gasteiger partial charge in [-0.1, -0.05) is 0 Å². The lowest BCUT2D eigenvalue weighted by molar-refractivity contribution is 0.628. The van der Waals surface area contributed by atoms with E-state index >= 15 is 0 Å². The predicted octanol–water partition coefficient (Wildman–Crippen LogP) is 3.28. The number of benzene rings is 1. The number of hydrogen-bond donors (Lipinski definition) is 3. The molecule has 0 unspecified atom stereocenters. The molecule has 0 radical (unpaired) electrons. The molecule has 0 atom stereocenters. The number of nitrogens with two attached hydrogens (primary N) is 1. The third-order valence-electron chi connectivity index (χ3n) is 3.02. The fraction of sp³-hybridized carbons (Fsp3) is 0.231. The van der Waals surface area contributed by atoms with Gasteiger partial charge in [-0.15, -0.1) is 0 Å². The molecule has 2 aromatic rings. The van der Waals surface area contributed by atoms with E-state index in [-0.39, 0.29) is 5.82 Å². The molecule has 1 heterocycles. The zero-order chi connectivity index (χ0) is 14.1. The normalized spacial score (nSPS) is 14.2. The lowest BCUT2D eigenvalue weighted by Crippen LogP contribution is -2.11. The minimum Gasteiger partial charge on any atom is -0.339 e. The van der Waals surface area contributed by atoms with Gasteiger partial charge in [-0.25, -0.2) is 20.2 Å². The third kappa shape index (κ3) is 2.88. The summed E-state index contributed by atoms with van der Waals surface area (Å²) >= 11 is 3.37. The van der Waals surface area contributed by atoms with E-state index in [1.54, 1.807) is 12.1 Å². The molecule has 1 aliphatic rings. The summed E-state index contributed by atoms with van der Waals surface area (Å²) in [6.07, 6.45) is 2.19. The molecular formula is C13H13BrFN5. The average molecular weight is 338 g/mol. The largest absolute Gasteiger partial charge is 0.339 e. The Hall–Kier alpha value is -1.73. The highest BCUT2D eigenvalue weighted by atomic mass is 79.9. The van der Waals surface area contributed by atoms with Crippen LogP contribution in [0.1, 0.15) is 24.6 Å². The van der Waals surface area contributed by atoms with Crippen LogP contribution in [0.2, 0.25) is 0 Å². The number of nitrogens with zero attached hydrogens (tertiary/aromatic N) is 2. The minimum atomic E-state index is -0.315. The summed E-state index contributed by atoms with van der Waals surface area (Å²) in [6, 6.07) is 6.11. The molecule has 0 amide bonds. The van der Waals surface area contributed by atoms with Crippen molar-refractivity contribution >= 4 is 33.3 Å². The number of hydrogen-bond acceptors (Lipinski definition) is 5. The van der Waals surface area contributed by atoms with Gasteiger partial charge >= 0.3 is 0 Å². The van der Waals surface area contributed by atoms with Crippen molar-refractivity contribution < 1.29 is 4.39 Å². The molecule has 1 aromatic carbocycles. The van der Waals surface area contributed by atoms with Crippen LogP contribution in [0.3, 0.4) is 0 Å². The first kappa shape index (κ1) is 13.3. The number of nitrogens with one attached hydrogen (secondary N) is 2. The van der Waals surface area contributed by atoms with E-state index in [2.05, 4.69) is 36.6 Å². The summed E-state index contributed by atoms with van der Waals surface area (Å²) in [5, 5.41) is 3.08. The van der Waals surface area contributed by atoms with Crippen molar-refractivity contribution in [2.45, 2.75) is 18.8 Å². The van der Waals surface area contributed by atoms with Crippen LogP contribution in [0.5, 0.6) is 0 Å². The molecule has 0 bridgehead atoms. The molecule has 0 saturated heterocycles. The predicted molar refractivity (Wildman–Crippen MR) is 79.2 cm³/mol. The molecule has 1 aromatic heterocycles. The maximum atomic E-state index is 13.3. The van der Waals surface area contributed by atoms with Crippen molar-refractivity contribution in [2.24, 2.45) is 5.84 Å². The van der Waals surface area contributed by atoms with Crippen molar-refractivity contribution in [3.8, 4) is 0 Å². The highest BCUT2D eigenvalue weighted by molar-refractivity contribution is 9.10. The van der Waals surface area contributed by atoms with Crippen molar-refractivity contribution in [1.82, 2.24) is 9.97 Å². The van der Waals surface area contributed by atoms with Crippen molar-refractivity contribution in [3.63, 3.8) is 0 Å². The summed E-state index contributed by atoms with van der Waals surface area (Å²) in [4.78, 5) is 8.77. The molecule has 1 saturated carbocycles. The first-order valence-electron chi connectivity index (χ1n) is 6.23. The zero-order valence-corrected chi connectivity index (χ0v) is 12.1. The van der Waals surface area contributed by atoms with Crippen LogP contribution >= 0.6 is 15.9 Å². The molecular weight excluding hydrogens is 325 g/mol. The Kier molecular flexibility index (Phi) is 3.54. The molecule has 104 valence electrons. The van der Waals surface area contributed by atoms with Gasteiger partial charge in [0.15, 0.2) is 0 Å². The Morgan fingerprint density at radius 3 is 2.65 bits per heavy atom. The average Bonchev–Trinajstić information content (AvgIpc) is 3.27. The number of hydrazine groups is 1. The van der Waals surface area contributed by atoms with Crippen molar-refractivity contribution in [3.05, 3.63) is 40.4 Å². The Balaban J connectivity index is 1.93. The molecule has 1 fully saturated rings. The van der Waals surface area contributed by atoms with E-state index < -0.39 is 0 Å². The minimum absolute atomic E-state index is 0.315. The van der Waals surface area contributed by atoms with Gasteiger partial charge in [0.1, 0.15) is 23.3 Å².